The first kappa shape index (κ1) is 19.0. The predicted molar refractivity (Wildman–Crippen MR) is 114 cm³/mol. The number of carboxylic acids is 1. The number of aromatic carboxylic acids is 1. The maximum Gasteiger partial charge on any atom is 0.336 e. The van der Waals surface area contributed by atoms with Gasteiger partial charge in [-0.2, -0.15) is 0 Å². The number of aliphatic imine (C=N–C) groups is 1. The number of benzene rings is 2. The molecule has 0 amide bonds. The van der Waals surface area contributed by atoms with Crippen LogP contribution in [-0.2, 0) is 6.42 Å². The lowest BCUT2D eigenvalue weighted by atomic mass is 9.96. The third kappa shape index (κ3) is 3.54. The van der Waals surface area contributed by atoms with Crippen LogP contribution in [0, 0.1) is 0 Å². The van der Waals surface area contributed by atoms with Crippen molar-refractivity contribution in [3.05, 3.63) is 83.3 Å². The van der Waals surface area contributed by atoms with Crippen LogP contribution < -0.4 is 5.84 Å². The van der Waals surface area contributed by atoms with E-state index in [0.717, 1.165) is 46.6 Å². The number of carbonyl (C=O) groups is 1. The van der Waals surface area contributed by atoms with Gasteiger partial charge in [0.25, 0.3) is 0 Å². The van der Waals surface area contributed by atoms with E-state index in [4.69, 9.17) is 10.8 Å². The number of hydrogen-bond donors (Lipinski definition) is 2. The molecule has 0 radical (unpaired) electrons. The van der Waals surface area contributed by atoms with Crippen LogP contribution in [0.2, 0.25) is 0 Å². The molecule has 0 aliphatic carbocycles. The molecular weight excluding hydrogens is 364 g/mol. The van der Waals surface area contributed by atoms with E-state index in [9.17, 15) is 9.90 Å². The summed E-state index contributed by atoms with van der Waals surface area (Å²) in [6.07, 6.45) is 5.57. The number of hydrazine groups is 2. The molecule has 2 aliphatic rings. The van der Waals surface area contributed by atoms with Crippen molar-refractivity contribution in [3.8, 4) is 11.1 Å². The van der Waals surface area contributed by atoms with Crippen molar-refractivity contribution in [1.29, 1.82) is 0 Å². The lowest BCUT2D eigenvalue weighted by Gasteiger charge is -2.36. The summed E-state index contributed by atoms with van der Waals surface area (Å²) in [5.74, 6) is 6.18. The average Bonchev–Trinajstić information content (AvgIpc) is 3.06. The second-order valence-electron chi connectivity index (χ2n) is 7.32. The Labute approximate surface area is 170 Å². The van der Waals surface area contributed by atoms with Crippen molar-refractivity contribution >= 4 is 11.7 Å². The molecule has 3 N–H and O–H groups in total. The van der Waals surface area contributed by atoms with Crippen molar-refractivity contribution < 1.29 is 9.90 Å². The van der Waals surface area contributed by atoms with Gasteiger partial charge in [-0.1, -0.05) is 49.4 Å². The van der Waals surface area contributed by atoms with Crippen LogP contribution in [0.15, 0.2) is 77.2 Å². The van der Waals surface area contributed by atoms with Gasteiger partial charge >= 0.3 is 5.97 Å². The van der Waals surface area contributed by atoms with E-state index in [-0.39, 0.29) is 6.04 Å². The van der Waals surface area contributed by atoms with Crippen LogP contribution in [-0.4, -0.2) is 33.0 Å². The summed E-state index contributed by atoms with van der Waals surface area (Å²) < 4.78 is 0. The van der Waals surface area contributed by atoms with E-state index >= 15 is 0 Å². The zero-order valence-corrected chi connectivity index (χ0v) is 16.5. The highest BCUT2D eigenvalue weighted by atomic mass is 16.4. The van der Waals surface area contributed by atoms with E-state index in [1.807, 2.05) is 48.5 Å². The fraction of sp³-hybridized carbons (Fsp3) is 0.217. The summed E-state index contributed by atoms with van der Waals surface area (Å²) in [5.41, 5.74) is 5.24. The fourth-order valence-corrected chi connectivity index (χ4v) is 3.95. The van der Waals surface area contributed by atoms with Crippen LogP contribution in [0.1, 0.15) is 36.2 Å². The summed E-state index contributed by atoms with van der Waals surface area (Å²) in [6, 6.07) is 15.2. The van der Waals surface area contributed by atoms with Gasteiger partial charge in [-0.05, 0) is 47.8 Å². The minimum Gasteiger partial charge on any atom is -0.478 e. The zero-order valence-electron chi connectivity index (χ0n) is 16.5. The zero-order chi connectivity index (χ0) is 20.5. The smallest absolute Gasteiger partial charge is 0.336 e. The summed E-state index contributed by atoms with van der Waals surface area (Å²) in [4.78, 5) is 16.3. The second-order valence-corrected chi connectivity index (χ2v) is 7.32. The van der Waals surface area contributed by atoms with Crippen LogP contribution in [0.3, 0.4) is 0 Å². The molecule has 6 nitrogen and oxygen atoms in total. The van der Waals surface area contributed by atoms with E-state index in [2.05, 4.69) is 19.1 Å². The Kier molecular flexibility index (Phi) is 4.94. The highest BCUT2D eigenvalue weighted by molar-refractivity contribution is 5.96. The monoisotopic (exact) mass is 388 g/mol. The predicted octanol–water partition coefficient (Wildman–Crippen LogP) is 3.98. The molecule has 2 aromatic carbocycles. The Hall–Kier alpha value is -3.38. The number of fused-ring (bicyclic) bond motifs is 1. The lowest BCUT2D eigenvalue weighted by molar-refractivity contribution is 0.0426. The Balaban J connectivity index is 1.59. The van der Waals surface area contributed by atoms with Gasteiger partial charge in [0, 0.05) is 18.3 Å². The van der Waals surface area contributed by atoms with Crippen molar-refractivity contribution in [1.82, 2.24) is 10.1 Å². The third-order valence-corrected chi connectivity index (χ3v) is 5.33. The van der Waals surface area contributed by atoms with Gasteiger partial charge in [-0.15, -0.1) is 0 Å². The molecule has 6 heteroatoms. The highest BCUT2D eigenvalue weighted by Gasteiger charge is 2.35. The molecule has 0 bridgehead atoms. The molecule has 0 spiro atoms. The molecule has 2 heterocycles. The van der Waals surface area contributed by atoms with Crippen molar-refractivity contribution in [2.75, 3.05) is 0 Å². The molecular formula is C23H24N4O2. The van der Waals surface area contributed by atoms with E-state index in [1.54, 1.807) is 17.3 Å². The van der Waals surface area contributed by atoms with Gasteiger partial charge in [0.15, 0.2) is 0 Å². The Morgan fingerprint density at radius 3 is 2.59 bits per heavy atom. The lowest BCUT2D eigenvalue weighted by Crippen LogP contribution is -2.50. The summed E-state index contributed by atoms with van der Waals surface area (Å²) in [7, 11) is 0. The molecule has 2 aromatic rings. The third-order valence-electron chi connectivity index (χ3n) is 5.33. The maximum absolute atomic E-state index is 11.5. The molecule has 0 saturated carbocycles. The SMILES string of the molecule is CCC1=NC2=CC(C)=CN(N)N2C1Cc1ccc(-c2ccccc2C(=O)O)cc1. The molecule has 2 aliphatic heterocycles. The van der Waals surface area contributed by atoms with Gasteiger partial charge in [0.1, 0.15) is 5.82 Å². The molecule has 1 atom stereocenters. The second kappa shape index (κ2) is 7.56. The fourth-order valence-electron chi connectivity index (χ4n) is 3.95. The van der Waals surface area contributed by atoms with Gasteiger partial charge < -0.3 is 5.11 Å². The van der Waals surface area contributed by atoms with E-state index in [0.29, 0.717) is 5.56 Å². The van der Waals surface area contributed by atoms with Crippen LogP contribution >= 0.6 is 0 Å². The summed E-state index contributed by atoms with van der Waals surface area (Å²) >= 11 is 0. The van der Waals surface area contributed by atoms with Crippen molar-refractivity contribution in [2.24, 2.45) is 10.8 Å². The number of rotatable bonds is 5. The maximum atomic E-state index is 11.5. The van der Waals surface area contributed by atoms with Crippen LogP contribution in [0.4, 0.5) is 0 Å². The average molecular weight is 388 g/mol. The molecule has 1 unspecified atom stereocenters. The molecule has 29 heavy (non-hydrogen) atoms. The van der Waals surface area contributed by atoms with E-state index in [1.165, 1.54) is 0 Å². The highest BCUT2D eigenvalue weighted by Crippen LogP contribution is 2.31. The molecule has 4 rings (SSSR count). The minimum absolute atomic E-state index is 0.0674. The molecule has 0 aromatic heterocycles. The van der Waals surface area contributed by atoms with Crippen molar-refractivity contribution in [3.63, 3.8) is 0 Å². The van der Waals surface area contributed by atoms with Gasteiger partial charge in [0.05, 0.1) is 11.6 Å². The Morgan fingerprint density at radius 1 is 1.17 bits per heavy atom. The van der Waals surface area contributed by atoms with Crippen LogP contribution in [0.25, 0.3) is 11.1 Å². The first-order valence-corrected chi connectivity index (χ1v) is 9.70. The van der Waals surface area contributed by atoms with Gasteiger partial charge in [-0.25, -0.2) is 25.8 Å². The number of nitrogens with two attached hydrogens (primary N) is 1. The number of hydrogen-bond acceptors (Lipinski definition) is 5. The van der Waals surface area contributed by atoms with E-state index < -0.39 is 5.97 Å². The minimum atomic E-state index is -0.921. The largest absolute Gasteiger partial charge is 0.478 e. The van der Waals surface area contributed by atoms with Crippen molar-refractivity contribution in [2.45, 2.75) is 32.7 Å². The number of allylic oxidation sites excluding steroid dienone is 2. The number of nitrogens with zero attached hydrogens (tertiary/aromatic N) is 3. The van der Waals surface area contributed by atoms with Gasteiger partial charge in [0.2, 0.25) is 0 Å². The standard InChI is InChI=1S/C23H24N4O2/c1-3-20-21(27-22(25-20)12-15(2)14-26(27)24)13-16-8-10-17(11-9-16)18-6-4-5-7-19(18)23(28)29/h4-12,14,21H,3,13,24H2,1-2H3,(H,28,29). The first-order chi connectivity index (χ1) is 14.0. The summed E-state index contributed by atoms with van der Waals surface area (Å²) in [5, 5.41) is 13.1. The normalized spacial score (nSPS) is 18.2. The first-order valence-electron chi connectivity index (χ1n) is 9.70. The Morgan fingerprint density at radius 2 is 1.90 bits per heavy atom. The topological polar surface area (TPSA) is 82.2 Å². The number of carboxylic acid groups (broad SMARTS) is 1. The van der Waals surface area contributed by atoms with Gasteiger partial charge in [-0.3, -0.25) is 0 Å². The molecule has 148 valence electrons. The molecule has 0 fully saturated rings. The summed E-state index contributed by atoms with van der Waals surface area (Å²) in [6.45, 7) is 4.12. The quantitative estimate of drug-likeness (QED) is 0.757. The Bertz CT molecular complexity index is 1040. The van der Waals surface area contributed by atoms with Crippen LogP contribution in [0.5, 0.6) is 0 Å². The molecule has 0 saturated heterocycles.